The normalized spacial score (nSPS) is 13.9. The first kappa shape index (κ1) is 25.6. The van der Waals surface area contributed by atoms with Crippen molar-refractivity contribution in [3.63, 3.8) is 0 Å². The second kappa shape index (κ2) is 10.5. The molecule has 0 aliphatic carbocycles. The largest absolute Gasteiger partial charge is 0.459 e. The Kier molecular flexibility index (Phi) is 9.31. The van der Waals surface area contributed by atoms with Gasteiger partial charge in [-0.2, -0.15) is 8.42 Å². The lowest BCUT2D eigenvalue weighted by molar-refractivity contribution is -0.174. The Morgan fingerprint density at radius 3 is 2.10 bits per heavy atom. The topological polar surface area (TPSA) is 78.9 Å². The minimum absolute atomic E-state index is 0.128. The van der Waals surface area contributed by atoms with Gasteiger partial charge in [0.15, 0.2) is 0 Å². The molecule has 0 N–H and O–H groups in total. The predicted octanol–water partition coefficient (Wildman–Crippen LogP) is 4.64. The van der Waals surface area contributed by atoms with Crippen LogP contribution in [-0.4, -0.2) is 39.8 Å². The van der Waals surface area contributed by atoms with Gasteiger partial charge in [0.25, 0.3) is 10.1 Å². The van der Waals surface area contributed by atoms with Gasteiger partial charge in [0.05, 0.1) is 23.0 Å². The number of benzene rings is 1. The molecular formula is C22H36O6S. The highest BCUT2D eigenvalue weighted by molar-refractivity contribution is 7.86. The zero-order valence-corrected chi connectivity index (χ0v) is 19.6. The van der Waals surface area contributed by atoms with Gasteiger partial charge in [-0.1, -0.05) is 30.5 Å². The molecule has 7 heteroatoms. The van der Waals surface area contributed by atoms with E-state index in [1.165, 1.54) is 0 Å². The second-order valence-corrected chi connectivity index (χ2v) is 10.5. The Bertz CT molecular complexity index is 745. The molecule has 1 aromatic rings. The number of rotatable bonds is 11. The third-order valence-corrected chi connectivity index (χ3v) is 6.00. The number of unbranched alkanes of at least 4 members (excludes halogenated alkanes) is 2. The van der Waals surface area contributed by atoms with Crippen LogP contribution in [0.3, 0.4) is 0 Å². The van der Waals surface area contributed by atoms with Crippen molar-refractivity contribution < 1.29 is 26.9 Å². The average molecular weight is 429 g/mol. The summed E-state index contributed by atoms with van der Waals surface area (Å²) in [4.78, 5) is 12.7. The number of esters is 1. The highest BCUT2D eigenvalue weighted by Gasteiger charge is 2.40. The first-order valence-corrected chi connectivity index (χ1v) is 11.4. The molecule has 0 saturated heterocycles. The smallest absolute Gasteiger partial charge is 0.314 e. The van der Waals surface area contributed by atoms with Crippen LogP contribution < -0.4 is 0 Å². The van der Waals surface area contributed by atoms with Crippen LogP contribution in [0.1, 0.15) is 65.9 Å². The van der Waals surface area contributed by atoms with E-state index in [9.17, 15) is 13.2 Å². The van der Waals surface area contributed by atoms with Gasteiger partial charge in [-0.25, -0.2) is 0 Å². The van der Waals surface area contributed by atoms with E-state index in [2.05, 4.69) is 0 Å². The maximum atomic E-state index is 12.5. The molecule has 6 nitrogen and oxygen atoms in total. The van der Waals surface area contributed by atoms with E-state index >= 15 is 0 Å². The summed E-state index contributed by atoms with van der Waals surface area (Å²) in [6.07, 6.45) is 2.56. The zero-order valence-electron chi connectivity index (χ0n) is 18.8. The van der Waals surface area contributed by atoms with Crippen LogP contribution in [-0.2, 0) is 28.6 Å². The standard InChI is InChI=1S/C22H36O6S/c1-17-12-14-18(15-13-17)29(24,25)27-16-10-8-9-11-19(26-7)22(5,6)20(23)28-21(2,3)4/h12-15,19H,8-11,16H2,1-7H3/t19-/m1/s1. The summed E-state index contributed by atoms with van der Waals surface area (Å²) < 4.78 is 40.5. The van der Waals surface area contributed by atoms with Crippen molar-refractivity contribution in [3.8, 4) is 0 Å². The van der Waals surface area contributed by atoms with Crippen LogP contribution in [0.4, 0.5) is 0 Å². The van der Waals surface area contributed by atoms with Crippen molar-refractivity contribution in [2.45, 2.75) is 83.8 Å². The molecule has 166 valence electrons. The molecule has 1 aromatic carbocycles. The molecule has 0 heterocycles. The summed E-state index contributed by atoms with van der Waals surface area (Å²) in [5.74, 6) is -0.288. The van der Waals surface area contributed by atoms with Crippen LogP contribution in [0.25, 0.3) is 0 Å². The monoisotopic (exact) mass is 428 g/mol. The quantitative estimate of drug-likeness (QED) is 0.290. The van der Waals surface area contributed by atoms with E-state index in [1.807, 2.05) is 41.5 Å². The van der Waals surface area contributed by atoms with Gasteiger partial charge in [0.2, 0.25) is 0 Å². The van der Waals surface area contributed by atoms with Crippen molar-refractivity contribution in [2.75, 3.05) is 13.7 Å². The van der Waals surface area contributed by atoms with Gasteiger partial charge in [0, 0.05) is 7.11 Å². The van der Waals surface area contributed by atoms with Crippen molar-refractivity contribution >= 4 is 16.1 Å². The molecule has 0 amide bonds. The summed E-state index contributed by atoms with van der Waals surface area (Å²) in [5.41, 5.74) is -0.328. The molecule has 0 aliphatic rings. The van der Waals surface area contributed by atoms with E-state index in [-0.39, 0.29) is 23.6 Å². The fourth-order valence-electron chi connectivity index (χ4n) is 2.86. The lowest BCUT2D eigenvalue weighted by Gasteiger charge is -2.34. The van der Waals surface area contributed by atoms with E-state index in [0.29, 0.717) is 12.8 Å². The molecule has 1 atom stereocenters. The molecule has 1 rings (SSSR count). The Morgan fingerprint density at radius 2 is 1.59 bits per heavy atom. The molecule has 0 fully saturated rings. The molecule has 0 radical (unpaired) electrons. The minimum Gasteiger partial charge on any atom is -0.459 e. The fraction of sp³-hybridized carbons (Fsp3) is 0.682. The Hall–Kier alpha value is -1.44. The maximum Gasteiger partial charge on any atom is 0.314 e. The molecule has 0 spiro atoms. The minimum atomic E-state index is -3.72. The number of hydrogen-bond donors (Lipinski definition) is 0. The van der Waals surface area contributed by atoms with Gasteiger partial charge < -0.3 is 9.47 Å². The third-order valence-electron chi connectivity index (χ3n) is 4.67. The molecule has 0 unspecified atom stereocenters. The number of hydrogen-bond acceptors (Lipinski definition) is 6. The van der Waals surface area contributed by atoms with Crippen molar-refractivity contribution in [3.05, 3.63) is 29.8 Å². The summed E-state index contributed by atoms with van der Waals surface area (Å²) in [7, 11) is -2.13. The Labute approximate surface area is 176 Å². The zero-order chi connectivity index (χ0) is 22.3. The summed E-state index contributed by atoms with van der Waals surface area (Å²) >= 11 is 0. The van der Waals surface area contributed by atoms with Crippen LogP contribution in [0.15, 0.2) is 29.2 Å². The SMILES string of the molecule is CO[C@H](CCCCCOS(=O)(=O)c1ccc(C)cc1)C(C)(C)C(=O)OC(C)(C)C. The molecule has 29 heavy (non-hydrogen) atoms. The number of carbonyl (C=O) groups is 1. The summed E-state index contributed by atoms with van der Waals surface area (Å²) in [5, 5.41) is 0. The highest BCUT2D eigenvalue weighted by atomic mass is 32.2. The van der Waals surface area contributed by atoms with Crippen molar-refractivity contribution in [2.24, 2.45) is 5.41 Å². The lowest BCUT2D eigenvalue weighted by Crippen LogP contribution is -2.42. The van der Waals surface area contributed by atoms with E-state index < -0.39 is 21.1 Å². The highest BCUT2D eigenvalue weighted by Crippen LogP contribution is 2.30. The molecule has 0 bridgehead atoms. The predicted molar refractivity (Wildman–Crippen MR) is 113 cm³/mol. The van der Waals surface area contributed by atoms with E-state index in [0.717, 1.165) is 18.4 Å². The average Bonchev–Trinajstić information content (AvgIpc) is 2.59. The number of carbonyl (C=O) groups excluding carboxylic acids is 1. The molecule has 0 aromatic heterocycles. The van der Waals surface area contributed by atoms with Crippen LogP contribution >= 0.6 is 0 Å². The number of ether oxygens (including phenoxy) is 2. The first-order valence-electron chi connectivity index (χ1n) is 10.0. The van der Waals surface area contributed by atoms with Crippen LogP contribution in [0, 0.1) is 12.3 Å². The van der Waals surface area contributed by atoms with E-state index in [4.69, 9.17) is 13.7 Å². The fourth-order valence-corrected chi connectivity index (χ4v) is 3.81. The molecule has 0 saturated carbocycles. The van der Waals surface area contributed by atoms with E-state index in [1.54, 1.807) is 31.4 Å². The van der Waals surface area contributed by atoms with Crippen molar-refractivity contribution in [1.82, 2.24) is 0 Å². The van der Waals surface area contributed by atoms with Crippen LogP contribution in [0.5, 0.6) is 0 Å². The molecule has 0 aliphatic heterocycles. The first-order chi connectivity index (χ1) is 13.3. The van der Waals surface area contributed by atoms with Crippen molar-refractivity contribution in [1.29, 1.82) is 0 Å². The summed E-state index contributed by atoms with van der Waals surface area (Å²) in [6, 6.07) is 6.58. The van der Waals surface area contributed by atoms with Gasteiger partial charge in [-0.05, 0) is 66.5 Å². The second-order valence-electron chi connectivity index (χ2n) is 8.89. The van der Waals surface area contributed by atoms with Crippen LogP contribution in [0.2, 0.25) is 0 Å². The van der Waals surface area contributed by atoms with Gasteiger partial charge in [-0.15, -0.1) is 0 Å². The third kappa shape index (κ3) is 8.44. The molecular weight excluding hydrogens is 392 g/mol. The maximum absolute atomic E-state index is 12.5. The summed E-state index contributed by atoms with van der Waals surface area (Å²) in [6.45, 7) is 11.2. The van der Waals surface area contributed by atoms with Gasteiger partial charge >= 0.3 is 5.97 Å². The van der Waals surface area contributed by atoms with Gasteiger partial charge in [-0.3, -0.25) is 8.98 Å². The Morgan fingerprint density at radius 1 is 1.00 bits per heavy atom. The lowest BCUT2D eigenvalue weighted by atomic mass is 9.83. The Balaban J connectivity index is 2.44. The number of methoxy groups -OCH3 is 1. The number of aryl methyl sites for hydroxylation is 1. The van der Waals surface area contributed by atoms with Gasteiger partial charge in [0.1, 0.15) is 5.60 Å².